The average Bonchev–Trinajstić information content (AvgIpc) is 3.21. The molecule has 0 radical (unpaired) electrons. The molecule has 7 heteroatoms. The average molecular weight is 523 g/mol. The molecule has 1 unspecified atom stereocenters. The van der Waals surface area contributed by atoms with Gasteiger partial charge in [-0.15, -0.1) is 0 Å². The Morgan fingerprint density at radius 3 is 2.34 bits per heavy atom. The van der Waals surface area contributed by atoms with Crippen LogP contribution >= 0.6 is 23.2 Å². The zero-order valence-electron chi connectivity index (χ0n) is 21.2. The molecular formula is C28H37Cl2NO4. The molecule has 1 aliphatic carbocycles. The number of carbonyl (C=O) groups is 1. The first-order chi connectivity index (χ1) is 16.5. The van der Waals surface area contributed by atoms with E-state index in [0.717, 1.165) is 19.3 Å². The number of fused-ring (bicyclic) bond motifs is 1. The summed E-state index contributed by atoms with van der Waals surface area (Å²) in [6, 6.07) is 12.1. The normalized spacial score (nSPS) is 16.5. The molecule has 2 N–H and O–H groups in total. The van der Waals surface area contributed by atoms with E-state index in [2.05, 4.69) is 43.4 Å². The van der Waals surface area contributed by atoms with Gasteiger partial charge in [-0.3, -0.25) is 4.79 Å². The van der Waals surface area contributed by atoms with Crippen molar-refractivity contribution in [3.05, 3.63) is 63.1 Å². The Labute approximate surface area is 219 Å². The van der Waals surface area contributed by atoms with Gasteiger partial charge in [-0.2, -0.15) is 0 Å². The Morgan fingerprint density at radius 2 is 1.74 bits per heavy atom. The van der Waals surface area contributed by atoms with Gasteiger partial charge in [0.15, 0.2) is 0 Å². The topological polar surface area (TPSA) is 67.8 Å². The van der Waals surface area contributed by atoms with Crippen molar-refractivity contribution in [3.8, 4) is 5.75 Å². The Balaban J connectivity index is 1.54. The van der Waals surface area contributed by atoms with Gasteiger partial charge in [0, 0.05) is 12.1 Å². The molecule has 0 aliphatic heterocycles. The first-order valence-electron chi connectivity index (χ1n) is 12.3. The van der Waals surface area contributed by atoms with E-state index in [-0.39, 0.29) is 21.6 Å². The van der Waals surface area contributed by atoms with Crippen LogP contribution in [0.3, 0.4) is 0 Å². The number of esters is 1. The molecule has 0 saturated carbocycles. The van der Waals surface area contributed by atoms with Gasteiger partial charge in [0.1, 0.15) is 23.0 Å². The second-order valence-electron chi connectivity index (χ2n) is 10.2. The highest BCUT2D eigenvalue weighted by Crippen LogP contribution is 2.39. The van der Waals surface area contributed by atoms with Crippen LogP contribution < -0.4 is 10.1 Å². The number of aliphatic hydroxyl groups excluding tert-OH is 1. The summed E-state index contributed by atoms with van der Waals surface area (Å²) >= 11 is 12.9. The number of ether oxygens (including phenoxy) is 2. The maximum Gasteiger partial charge on any atom is 0.313 e. The SMILES string of the molecule is CCOC(=O)C(C)c1ccc(O[C@@H](C)[C@@H](O)CNC(C)(C)CC2Cc3ccccc3C2)c(Cl)c1Cl. The summed E-state index contributed by atoms with van der Waals surface area (Å²) in [6.45, 7) is 10.3. The fourth-order valence-corrected chi connectivity index (χ4v) is 5.32. The number of rotatable bonds is 11. The second-order valence-corrected chi connectivity index (χ2v) is 10.9. The number of hydrogen-bond donors (Lipinski definition) is 2. The van der Waals surface area contributed by atoms with E-state index in [4.69, 9.17) is 32.7 Å². The highest BCUT2D eigenvalue weighted by molar-refractivity contribution is 6.43. The lowest BCUT2D eigenvalue weighted by molar-refractivity contribution is -0.144. The first kappa shape index (κ1) is 27.8. The summed E-state index contributed by atoms with van der Waals surface area (Å²) in [7, 11) is 0. The van der Waals surface area contributed by atoms with Crippen LogP contribution in [0.25, 0.3) is 0 Å². The van der Waals surface area contributed by atoms with Crippen LogP contribution in [0, 0.1) is 5.92 Å². The van der Waals surface area contributed by atoms with Crippen molar-refractivity contribution >= 4 is 29.2 Å². The lowest BCUT2D eigenvalue weighted by atomic mass is 9.88. The minimum absolute atomic E-state index is 0.126. The Morgan fingerprint density at radius 1 is 1.11 bits per heavy atom. The van der Waals surface area contributed by atoms with Gasteiger partial charge in [0.05, 0.1) is 17.5 Å². The highest BCUT2D eigenvalue weighted by atomic mass is 35.5. The highest BCUT2D eigenvalue weighted by Gasteiger charge is 2.29. The van der Waals surface area contributed by atoms with Crippen molar-refractivity contribution in [2.75, 3.05) is 13.2 Å². The van der Waals surface area contributed by atoms with Crippen molar-refractivity contribution in [1.82, 2.24) is 5.32 Å². The molecular weight excluding hydrogens is 485 g/mol. The van der Waals surface area contributed by atoms with Crippen LogP contribution in [-0.4, -0.2) is 42.0 Å². The molecule has 35 heavy (non-hydrogen) atoms. The van der Waals surface area contributed by atoms with Crippen LogP contribution in [0.1, 0.15) is 63.6 Å². The smallest absolute Gasteiger partial charge is 0.313 e. The number of β-amino-alcohol motifs (C(OH)–C–C–N with tert-alkyl or cyclic N) is 1. The van der Waals surface area contributed by atoms with Gasteiger partial charge in [0.25, 0.3) is 0 Å². The Kier molecular flexibility index (Phi) is 9.50. The van der Waals surface area contributed by atoms with Gasteiger partial charge >= 0.3 is 5.97 Å². The summed E-state index contributed by atoms with van der Waals surface area (Å²) in [5, 5.41) is 14.7. The molecule has 2 aromatic carbocycles. The van der Waals surface area contributed by atoms with Crippen molar-refractivity contribution in [3.63, 3.8) is 0 Å². The summed E-state index contributed by atoms with van der Waals surface area (Å²) in [4.78, 5) is 12.1. The zero-order chi connectivity index (χ0) is 25.8. The van der Waals surface area contributed by atoms with Gasteiger partial charge in [-0.05, 0) is 82.6 Å². The molecule has 0 aromatic heterocycles. The zero-order valence-corrected chi connectivity index (χ0v) is 22.7. The van der Waals surface area contributed by atoms with E-state index in [1.165, 1.54) is 11.1 Å². The van der Waals surface area contributed by atoms with Gasteiger partial charge in [-0.1, -0.05) is 53.5 Å². The van der Waals surface area contributed by atoms with Crippen molar-refractivity contribution < 1.29 is 19.4 Å². The number of halogens is 2. The fraction of sp³-hybridized carbons (Fsp3) is 0.536. The van der Waals surface area contributed by atoms with Crippen LogP contribution in [-0.2, 0) is 22.4 Å². The molecule has 5 nitrogen and oxygen atoms in total. The molecule has 0 heterocycles. The Hall–Kier alpha value is -1.79. The maximum atomic E-state index is 12.1. The molecule has 0 spiro atoms. The van der Waals surface area contributed by atoms with E-state index in [0.29, 0.717) is 30.4 Å². The van der Waals surface area contributed by atoms with Crippen LogP contribution in [0.2, 0.25) is 10.0 Å². The lowest BCUT2D eigenvalue weighted by Gasteiger charge is -2.32. The number of hydrogen-bond acceptors (Lipinski definition) is 5. The molecule has 3 atom stereocenters. The van der Waals surface area contributed by atoms with E-state index >= 15 is 0 Å². The third-order valence-electron chi connectivity index (χ3n) is 6.76. The van der Waals surface area contributed by atoms with Crippen LogP contribution in [0.5, 0.6) is 5.75 Å². The van der Waals surface area contributed by atoms with Gasteiger partial charge < -0.3 is 19.9 Å². The largest absolute Gasteiger partial charge is 0.486 e. The summed E-state index contributed by atoms with van der Waals surface area (Å²) in [5.74, 6) is 0.0531. The van der Waals surface area contributed by atoms with Crippen molar-refractivity contribution in [2.45, 2.75) is 77.5 Å². The number of nitrogens with one attached hydrogen (secondary N) is 1. The maximum absolute atomic E-state index is 12.1. The van der Waals surface area contributed by atoms with Crippen LogP contribution in [0.4, 0.5) is 0 Å². The number of carbonyl (C=O) groups excluding carboxylic acids is 1. The number of benzene rings is 2. The summed E-state index contributed by atoms with van der Waals surface area (Å²) in [5.41, 5.74) is 3.36. The molecule has 0 amide bonds. The minimum atomic E-state index is -0.747. The van der Waals surface area contributed by atoms with E-state index < -0.39 is 18.1 Å². The third-order valence-corrected chi connectivity index (χ3v) is 7.64. The molecule has 3 rings (SSSR count). The van der Waals surface area contributed by atoms with Crippen molar-refractivity contribution in [1.29, 1.82) is 0 Å². The molecule has 192 valence electrons. The predicted molar refractivity (Wildman–Crippen MR) is 142 cm³/mol. The fourth-order valence-electron chi connectivity index (χ4n) is 4.78. The van der Waals surface area contributed by atoms with Crippen LogP contribution in [0.15, 0.2) is 36.4 Å². The van der Waals surface area contributed by atoms with E-state index in [1.807, 2.05) is 0 Å². The first-order valence-corrected chi connectivity index (χ1v) is 13.1. The van der Waals surface area contributed by atoms with Gasteiger partial charge in [0.2, 0.25) is 0 Å². The second kappa shape index (κ2) is 12.0. The molecule has 0 saturated heterocycles. The molecule has 0 bridgehead atoms. The predicted octanol–water partition coefficient (Wildman–Crippen LogP) is 5.96. The van der Waals surface area contributed by atoms with E-state index in [1.54, 1.807) is 32.9 Å². The monoisotopic (exact) mass is 521 g/mol. The van der Waals surface area contributed by atoms with Crippen molar-refractivity contribution in [2.24, 2.45) is 5.92 Å². The molecule has 0 fully saturated rings. The summed E-state index contributed by atoms with van der Waals surface area (Å²) < 4.78 is 11.0. The lowest BCUT2D eigenvalue weighted by Crippen LogP contribution is -2.48. The van der Waals surface area contributed by atoms with Gasteiger partial charge in [-0.25, -0.2) is 0 Å². The number of aliphatic hydroxyl groups is 1. The Bertz CT molecular complexity index is 1000. The quantitative estimate of drug-likeness (QED) is 0.357. The third kappa shape index (κ3) is 7.13. The molecule has 1 aliphatic rings. The standard InChI is InChI=1S/C28H37Cl2NO4/c1-6-34-27(33)17(2)22-11-12-24(26(30)25(22)29)35-18(3)23(32)16-31-28(4,5)15-19-13-20-9-7-8-10-21(20)14-19/h7-12,17-19,23,31-32H,6,13-16H2,1-5H3/t17?,18-,23-/m0/s1. The minimum Gasteiger partial charge on any atom is -0.486 e. The van der Waals surface area contributed by atoms with E-state index in [9.17, 15) is 9.90 Å². The molecule has 2 aromatic rings. The summed E-state index contributed by atoms with van der Waals surface area (Å²) in [6.07, 6.45) is 1.96.